The van der Waals surface area contributed by atoms with Crippen LogP contribution in [0.2, 0.25) is 0 Å². The number of hydrogen-bond acceptors (Lipinski definition) is 5. The van der Waals surface area contributed by atoms with Crippen molar-refractivity contribution >= 4 is 17.5 Å². The number of thioether (sulfide) groups is 1. The van der Waals surface area contributed by atoms with Crippen LogP contribution in [-0.2, 0) is 11.3 Å². The molecule has 2 aromatic rings. The van der Waals surface area contributed by atoms with Gasteiger partial charge in [-0.15, -0.1) is 11.8 Å². The zero-order chi connectivity index (χ0) is 17.3. The largest absolute Gasteiger partial charge is 0.490 e. The van der Waals surface area contributed by atoms with Crippen molar-refractivity contribution in [1.29, 1.82) is 0 Å². The molecule has 2 aromatic carbocycles. The number of hydrogen-bond donors (Lipinski definition) is 1. The third-order valence-corrected chi connectivity index (χ3v) is 5.19. The third-order valence-electron chi connectivity index (χ3n) is 4.02. The molecule has 0 aromatic heterocycles. The van der Waals surface area contributed by atoms with Gasteiger partial charge in [0.15, 0.2) is 6.61 Å². The first-order chi connectivity index (χ1) is 12.3. The first-order valence-electron chi connectivity index (χ1n) is 8.57. The van der Waals surface area contributed by atoms with Crippen molar-refractivity contribution in [2.45, 2.75) is 18.6 Å². The lowest BCUT2D eigenvalue weighted by atomic mass is 10.1. The van der Waals surface area contributed by atoms with Crippen LogP contribution in [-0.4, -0.2) is 36.6 Å². The van der Waals surface area contributed by atoms with Crippen LogP contribution >= 0.6 is 11.8 Å². The quantitative estimate of drug-likeness (QED) is 0.445. The second kappa shape index (κ2) is 9.49. The average Bonchev–Trinajstić information content (AvgIpc) is 3.16. The number of nitrogens with zero attached hydrogens (tertiary/aromatic N) is 1. The van der Waals surface area contributed by atoms with E-state index in [2.05, 4.69) is 22.6 Å². The summed E-state index contributed by atoms with van der Waals surface area (Å²) in [4.78, 5) is 5.34. The van der Waals surface area contributed by atoms with E-state index in [0.29, 0.717) is 18.5 Å². The van der Waals surface area contributed by atoms with Crippen LogP contribution in [0, 0.1) is 0 Å². The molecule has 0 saturated carbocycles. The van der Waals surface area contributed by atoms with Gasteiger partial charge in [0.25, 0.3) is 0 Å². The minimum absolute atomic E-state index is 0.427. The Morgan fingerprint density at radius 2 is 1.92 bits per heavy atom. The summed E-state index contributed by atoms with van der Waals surface area (Å²) in [6.45, 7) is 3.94. The Hall–Kier alpha value is -1.98. The Bertz CT molecular complexity index is 668. The highest BCUT2D eigenvalue weighted by Gasteiger charge is 2.15. The summed E-state index contributed by atoms with van der Waals surface area (Å²) in [5.74, 6) is 1.94. The topological polar surface area (TPSA) is 42.9 Å². The van der Waals surface area contributed by atoms with Crippen molar-refractivity contribution in [2.24, 2.45) is 5.16 Å². The molecule has 25 heavy (non-hydrogen) atoms. The number of nitrogens with one attached hydrogen (secondary N) is 1. The highest BCUT2D eigenvalue weighted by atomic mass is 32.2. The van der Waals surface area contributed by atoms with Crippen molar-refractivity contribution in [3.05, 3.63) is 65.7 Å². The van der Waals surface area contributed by atoms with Gasteiger partial charge in [0.05, 0.1) is 5.71 Å². The molecule has 0 spiro atoms. The van der Waals surface area contributed by atoms with Crippen LogP contribution in [0.4, 0.5) is 0 Å². The fourth-order valence-corrected chi connectivity index (χ4v) is 3.66. The molecule has 1 atom stereocenters. The molecule has 4 nitrogen and oxygen atoms in total. The molecular weight excluding hydrogens is 332 g/mol. The molecular formula is C20H24N2O2S. The molecule has 1 fully saturated rings. The fraction of sp³-hybridized carbons (Fsp3) is 0.350. The van der Waals surface area contributed by atoms with E-state index in [9.17, 15) is 0 Å². The van der Waals surface area contributed by atoms with E-state index < -0.39 is 0 Å². The first kappa shape index (κ1) is 17.8. The summed E-state index contributed by atoms with van der Waals surface area (Å²) >= 11 is 1.99. The molecule has 1 aliphatic rings. The van der Waals surface area contributed by atoms with Crippen molar-refractivity contribution in [1.82, 2.24) is 5.32 Å². The predicted octanol–water partition coefficient (Wildman–Crippen LogP) is 3.71. The Kier molecular flexibility index (Phi) is 6.77. The average molecular weight is 356 g/mol. The van der Waals surface area contributed by atoms with Gasteiger partial charge in [0, 0.05) is 17.7 Å². The minimum atomic E-state index is 0.427. The molecule has 1 unspecified atom stereocenters. The van der Waals surface area contributed by atoms with Gasteiger partial charge in [0.1, 0.15) is 12.4 Å². The molecule has 5 heteroatoms. The second-order valence-corrected chi connectivity index (χ2v) is 7.25. The van der Waals surface area contributed by atoms with Gasteiger partial charge in [-0.05, 0) is 36.6 Å². The van der Waals surface area contributed by atoms with E-state index in [-0.39, 0.29) is 0 Å². The molecule has 1 heterocycles. The maximum atomic E-state index is 5.71. The summed E-state index contributed by atoms with van der Waals surface area (Å²) in [7, 11) is 0. The third kappa shape index (κ3) is 5.80. The highest BCUT2D eigenvalue weighted by Crippen LogP contribution is 2.21. The molecule has 3 rings (SSSR count). The molecule has 0 radical (unpaired) electrons. The van der Waals surface area contributed by atoms with Gasteiger partial charge in [0.2, 0.25) is 0 Å². The van der Waals surface area contributed by atoms with Gasteiger partial charge in [-0.25, -0.2) is 0 Å². The van der Waals surface area contributed by atoms with Crippen LogP contribution in [0.15, 0.2) is 59.8 Å². The van der Waals surface area contributed by atoms with Crippen molar-refractivity contribution in [2.75, 3.05) is 25.6 Å². The van der Waals surface area contributed by atoms with Gasteiger partial charge in [-0.3, -0.25) is 0 Å². The maximum Gasteiger partial charge on any atom is 0.151 e. The van der Waals surface area contributed by atoms with Crippen LogP contribution in [0.5, 0.6) is 5.75 Å². The molecule has 0 bridgehead atoms. The number of rotatable bonds is 8. The van der Waals surface area contributed by atoms with E-state index in [4.69, 9.17) is 9.57 Å². The maximum absolute atomic E-state index is 5.71. The Morgan fingerprint density at radius 1 is 1.12 bits per heavy atom. The molecule has 1 saturated heterocycles. The molecule has 0 amide bonds. The van der Waals surface area contributed by atoms with Gasteiger partial charge < -0.3 is 14.9 Å². The number of benzene rings is 2. The predicted molar refractivity (Wildman–Crippen MR) is 104 cm³/mol. The lowest BCUT2D eigenvalue weighted by molar-refractivity contribution is 0.107. The van der Waals surface area contributed by atoms with E-state index in [1.807, 2.05) is 61.2 Å². The fourth-order valence-electron chi connectivity index (χ4n) is 2.64. The van der Waals surface area contributed by atoms with Crippen molar-refractivity contribution in [3.63, 3.8) is 0 Å². The number of oxime groups is 1. The summed E-state index contributed by atoms with van der Waals surface area (Å²) in [6, 6.07) is 18.3. The van der Waals surface area contributed by atoms with Crippen molar-refractivity contribution < 1.29 is 9.57 Å². The lowest BCUT2D eigenvalue weighted by Crippen LogP contribution is -2.14. The zero-order valence-corrected chi connectivity index (χ0v) is 15.3. The normalized spacial score (nSPS) is 17.5. The van der Waals surface area contributed by atoms with E-state index in [0.717, 1.165) is 35.9 Å². The molecule has 0 aliphatic carbocycles. The monoisotopic (exact) mass is 356 g/mol. The molecule has 1 N–H and O–H groups in total. The van der Waals surface area contributed by atoms with E-state index in [1.54, 1.807) is 0 Å². The van der Waals surface area contributed by atoms with Crippen LogP contribution in [0.3, 0.4) is 0 Å². The van der Waals surface area contributed by atoms with Gasteiger partial charge >= 0.3 is 0 Å². The van der Waals surface area contributed by atoms with Crippen LogP contribution in [0.1, 0.15) is 18.1 Å². The summed E-state index contributed by atoms with van der Waals surface area (Å²) in [5, 5.41) is 8.19. The standard InChI is InChI=1S/C20H24N2O2S/c1-16(18-5-3-2-4-6-18)22-24-12-11-23-19-9-7-17(8-10-19)13-20-14-21-15-25-20/h2-10,20-21H,11-15H2,1H3. The Morgan fingerprint density at radius 3 is 2.64 bits per heavy atom. The van der Waals surface area contributed by atoms with E-state index >= 15 is 0 Å². The highest BCUT2D eigenvalue weighted by molar-refractivity contribution is 8.00. The zero-order valence-electron chi connectivity index (χ0n) is 14.5. The summed E-state index contributed by atoms with van der Waals surface area (Å²) in [6.07, 6.45) is 1.11. The van der Waals surface area contributed by atoms with Gasteiger partial charge in [-0.1, -0.05) is 47.6 Å². The molecule has 132 valence electrons. The minimum Gasteiger partial charge on any atom is -0.490 e. The summed E-state index contributed by atoms with van der Waals surface area (Å²) < 4.78 is 5.71. The lowest BCUT2D eigenvalue weighted by Gasteiger charge is -2.09. The summed E-state index contributed by atoms with van der Waals surface area (Å²) in [5.41, 5.74) is 3.28. The van der Waals surface area contributed by atoms with Crippen LogP contribution in [0.25, 0.3) is 0 Å². The Labute approximate surface area is 153 Å². The molecule has 1 aliphatic heterocycles. The Balaban J connectivity index is 1.37. The van der Waals surface area contributed by atoms with E-state index in [1.165, 1.54) is 5.56 Å². The van der Waals surface area contributed by atoms with Crippen molar-refractivity contribution in [3.8, 4) is 5.75 Å². The second-order valence-electron chi connectivity index (χ2n) is 5.96. The van der Waals surface area contributed by atoms with Gasteiger partial charge in [-0.2, -0.15) is 0 Å². The SMILES string of the molecule is CC(=NOCCOc1ccc(CC2CNCS2)cc1)c1ccccc1. The first-order valence-corrected chi connectivity index (χ1v) is 9.62. The number of ether oxygens (including phenoxy) is 1. The smallest absolute Gasteiger partial charge is 0.151 e. The van der Waals surface area contributed by atoms with Crippen LogP contribution < -0.4 is 10.1 Å².